The van der Waals surface area contributed by atoms with Crippen LogP contribution in [-0.4, -0.2) is 21.0 Å². The maximum Gasteiger partial charge on any atom is 0.435 e. The molecule has 0 saturated carbocycles. The topological polar surface area (TPSA) is 81.1 Å². The van der Waals surface area contributed by atoms with Crippen molar-refractivity contribution < 1.29 is 23.1 Å². The minimum atomic E-state index is -4.55. The van der Waals surface area contributed by atoms with Gasteiger partial charge in [-0.25, -0.2) is 9.48 Å². The van der Waals surface area contributed by atoms with Gasteiger partial charge in [-0.2, -0.15) is 18.3 Å². The molecular formula is C17H12Cl2F3N3O2. The highest BCUT2D eigenvalue weighted by atomic mass is 35.5. The summed E-state index contributed by atoms with van der Waals surface area (Å²) in [6, 6.07) is 14.1. The molecule has 0 aliphatic heterocycles. The lowest BCUT2D eigenvalue weighted by atomic mass is 10.1. The van der Waals surface area contributed by atoms with E-state index in [0.29, 0.717) is 16.3 Å². The number of rotatable bonds is 2. The van der Waals surface area contributed by atoms with Gasteiger partial charge in [0.2, 0.25) is 0 Å². The largest absolute Gasteiger partial charge is 0.465 e. The molecule has 0 spiro atoms. The summed E-state index contributed by atoms with van der Waals surface area (Å²) in [7, 11) is 0. The summed E-state index contributed by atoms with van der Waals surface area (Å²) in [6.07, 6.45) is -5.88. The van der Waals surface area contributed by atoms with Gasteiger partial charge in [0.25, 0.3) is 0 Å². The number of hydrogen-bond donors (Lipinski definition) is 2. The Morgan fingerprint density at radius 3 is 2.19 bits per heavy atom. The number of alkyl halides is 3. The van der Waals surface area contributed by atoms with Crippen molar-refractivity contribution in [1.82, 2.24) is 9.78 Å². The highest BCUT2D eigenvalue weighted by Gasteiger charge is 2.35. The van der Waals surface area contributed by atoms with Gasteiger partial charge in [-0.3, -0.25) is 0 Å². The van der Waals surface area contributed by atoms with E-state index in [9.17, 15) is 13.2 Å². The van der Waals surface area contributed by atoms with Crippen molar-refractivity contribution in [2.75, 3.05) is 0 Å². The molecule has 3 rings (SSSR count). The Morgan fingerprint density at radius 2 is 1.67 bits per heavy atom. The Hall–Kier alpha value is -2.71. The van der Waals surface area contributed by atoms with E-state index in [1.54, 1.807) is 42.5 Å². The van der Waals surface area contributed by atoms with Crippen LogP contribution in [0.5, 0.6) is 0 Å². The molecule has 3 aromatic rings. The van der Waals surface area contributed by atoms with E-state index in [1.165, 1.54) is 10.7 Å². The fourth-order valence-corrected chi connectivity index (χ4v) is 2.68. The van der Waals surface area contributed by atoms with Crippen LogP contribution in [0.15, 0.2) is 54.6 Å². The molecular weight excluding hydrogens is 406 g/mol. The quantitative estimate of drug-likeness (QED) is 0.578. The fourth-order valence-electron chi connectivity index (χ4n) is 2.17. The van der Waals surface area contributed by atoms with E-state index in [4.69, 9.17) is 33.1 Å². The van der Waals surface area contributed by atoms with Crippen LogP contribution in [0.2, 0.25) is 10.0 Å². The highest BCUT2D eigenvalue weighted by Crippen LogP contribution is 2.36. The third-order valence-electron chi connectivity index (χ3n) is 3.21. The first-order valence-electron chi connectivity index (χ1n) is 7.26. The van der Waals surface area contributed by atoms with Crippen LogP contribution in [0.4, 0.5) is 18.0 Å². The zero-order valence-corrected chi connectivity index (χ0v) is 14.9. The number of nitrogens with two attached hydrogens (primary N) is 1. The predicted molar refractivity (Wildman–Crippen MR) is 96.2 cm³/mol. The molecule has 1 amide bonds. The Bertz CT molecular complexity index is 940. The summed E-state index contributed by atoms with van der Waals surface area (Å²) in [5, 5.41) is 11.5. The number of carbonyl (C=O) groups is 1. The second-order valence-corrected chi connectivity index (χ2v) is 5.97. The van der Waals surface area contributed by atoms with E-state index < -0.39 is 18.0 Å². The summed E-state index contributed by atoms with van der Waals surface area (Å²) in [5.41, 5.74) is 4.21. The Kier molecular flexibility index (Phi) is 6.35. The number of halogens is 5. The molecule has 1 aromatic heterocycles. The zero-order valence-electron chi connectivity index (χ0n) is 13.4. The summed E-state index contributed by atoms with van der Waals surface area (Å²) in [5.74, 6) is 0. The molecule has 0 radical (unpaired) electrons. The molecule has 142 valence electrons. The Morgan fingerprint density at radius 1 is 1.07 bits per heavy atom. The smallest absolute Gasteiger partial charge is 0.435 e. The van der Waals surface area contributed by atoms with Crippen LogP contribution in [-0.2, 0) is 6.18 Å². The number of primary amides is 1. The molecule has 27 heavy (non-hydrogen) atoms. The lowest BCUT2D eigenvalue weighted by molar-refractivity contribution is -0.141. The maximum atomic E-state index is 13.0. The van der Waals surface area contributed by atoms with Crippen molar-refractivity contribution in [2.45, 2.75) is 6.18 Å². The van der Waals surface area contributed by atoms with Crippen LogP contribution < -0.4 is 5.73 Å². The standard InChI is InChI=1S/C16H9Cl2F3N2.CH3NO2/c17-10-6-7-12(13(18)8-10)14-9-15(16(19,20)21)22-23(14)11-4-2-1-3-5-11;2-1(3)4/h1-9H;2H2,(H,3,4). The normalized spacial score (nSPS) is 10.9. The lowest BCUT2D eigenvalue weighted by Gasteiger charge is -2.09. The van der Waals surface area contributed by atoms with Gasteiger partial charge in [-0.05, 0) is 36.4 Å². The number of hydrogen-bond acceptors (Lipinski definition) is 2. The van der Waals surface area contributed by atoms with Gasteiger partial charge in [0.1, 0.15) is 0 Å². The van der Waals surface area contributed by atoms with Gasteiger partial charge < -0.3 is 10.8 Å². The third kappa shape index (κ3) is 5.38. The number of nitrogens with zero attached hydrogens (tertiary/aromatic N) is 2. The molecule has 0 bridgehead atoms. The average Bonchev–Trinajstić information content (AvgIpc) is 3.00. The Balaban J connectivity index is 0.000000596. The molecule has 0 aliphatic rings. The van der Waals surface area contributed by atoms with Crippen molar-refractivity contribution >= 4 is 29.3 Å². The molecule has 1 heterocycles. The summed E-state index contributed by atoms with van der Waals surface area (Å²) in [6.45, 7) is 0. The maximum absolute atomic E-state index is 13.0. The fraction of sp³-hybridized carbons (Fsp3) is 0.0588. The van der Waals surface area contributed by atoms with Crippen molar-refractivity contribution in [2.24, 2.45) is 5.73 Å². The first kappa shape index (κ1) is 20.6. The number of para-hydroxylation sites is 1. The molecule has 0 saturated heterocycles. The van der Waals surface area contributed by atoms with Crippen LogP contribution in [0.25, 0.3) is 16.9 Å². The number of benzene rings is 2. The van der Waals surface area contributed by atoms with E-state index in [-0.39, 0.29) is 10.7 Å². The van der Waals surface area contributed by atoms with Gasteiger partial charge >= 0.3 is 12.3 Å². The van der Waals surface area contributed by atoms with Crippen molar-refractivity contribution in [3.05, 3.63) is 70.3 Å². The molecule has 0 atom stereocenters. The average molecular weight is 418 g/mol. The second-order valence-electron chi connectivity index (χ2n) is 5.12. The van der Waals surface area contributed by atoms with Gasteiger partial charge in [0.05, 0.1) is 16.4 Å². The molecule has 10 heteroatoms. The van der Waals surface area contributed by atoms with E-state index >= 15 is 0 Å². The van der Waals surface area contributed by atoms with Crippen LogP contribution in [0.3, 0.4) is 0 Å². The van der Waals surface area contributed by atoms with Crippen LogP contribution in [0, 0.1) is 0 Å². The number of amides is 1. The molecule has 2 aromatic carbocycles. The SMILES string of the molecule is FC(F)(F)c1cc(-c2ccc(Cl)cc2Cl)n(-c2ccccc2)n1.NC(=O)O. The van der Waals surface area contributed by atoms with Gasteiger partial charge in [0.15, 0.2) is 5.69 Å². The monoisotopic (exact) mass is 417 g/mol. The molecule has 3 N–H and O–H groups in total. The van der Waals surface area contributed by atoms with Crippen LogP contribution >= 0.6 is 23.2 Å². The van der Waals surface area contributed by atoms with Gasteiger partial charge in [-0.1, -0.05) is 41.4 Å². The second kappa shape index (κ2) is 8.32. The molecule has 0 aliphatic carbocycles. The lowest BCUT2D eigenvalue weighted by Crippen LogP contribution is -2.07. The molecule has 0 unspecified atom stereocenters. The van der Waals surface area contributed by atoms with Crippen molar-refractivity contribution in [3.63, 3.8) is 0 Å². The first-order chi connectivity index (χ1) is 12.6. The number of carboxylic acid groups (broad SMARTS) is 1. The van der Waals surface area contributed by atoms with E-state index in [2.05, 4.69) is 10.8 Å². The summed E-state index contributed by atoms with van der Waals surface area (Å²) < 4.78 is 40.4. The van der Waals surface area contributed by atoms with Gasteiger partial charge in [0, 0.05) is 10.6 Å². The highest BCUT2D eigenvalue weighted by molar-refractivity contribution is 6.36. The minimum absolute atomic E-state index is 0.241. The van der Waals surface area contributed by atoms with Crippen molar-refractivity contribution in [1.29, 1.82) is 0 Å². The van der Waals surface area contributed by atoms with E-state index in [0.717, 1.165) is 6.07 Å². The molecule has 5 nitrogen and oxygen atoms in total. The Labute approximate surface area is 161 Å². The number of aromatic nitrogens is 2. The summed E-state index contributed by atoms with van der Waals surface area (Å²) in [4.78, 5) is 8.78. The zero-order chi connectivity index (χ0) is 20.2. The molecule has 0 fully saturated rings. The van der Waals surface area contributed by atoms with E-state index in [1.807, 2.05) is 0 Å². The third-order valence-corrected chi connectivity index (χ3v) is 3.76. The first-order valence-corrected chi connectivity index (χ1v) is 8.01. The van der Waals surface area contributed by atoms with Gasteiger partial charge in [-0.15, -0.1) is 0 Å². The van der Waals surface area contributed by atoms with Crippen LogP contribution in [0.1, 0.15) is 5.69 Å². The summed E-state index contributed by atoms with van der Waals surface area (Å²) >= 11 is 12.0. The minimum Gasteiger partial charge on any atom is -0.465 e. The predicted octanol–water partition coefficient (Wildman–Crippen LogP) is 5.49. The van der Waals surface area contributed by atoms with Crippen molar-refractivity contribution in [3.8, 4) is 16.9 Å².